The van der Waals surface area contributed by atoms with Crippen LogP contribution in [0.4, 0.5) is 4.79 Å². The Kier molecular flexibility index (Phi) is 9.15. The van der Waals surface area contributed by atoms with Crippen LogP contribution >= 0.6 is 0 Å². The monoisotopic (exact) mass is 288 g/mol. The van der Waals surface area contributed by atoms with Crippen LogP contribution in [0.3, 0.4) is 0 Å². The quantitative estimate of drug-likeness (QED) is 0.619. The first kappa shape index (κ1) is 18.2. The Bertz CT molecular complexity index is 333. The molecule has 0 fully saturated rings. The predicted molar refractivity (Wildman–Crippen MR) is 73.3 cm³/mol. The largest absolute Gasteiger partial charge is 0.481 e. The molecule has 0 aliphatic carbocycles. The van der Waals surface area contributed by atoms with Gasteiger partial charge in [0.05, 0.1) is 7.11 Å². The molecular weight excluding hydrogens is 264 g/mol. The summed E-state index contributed by atoms with van der Waals surface area (Å²) in [5.74, 6) is -1.23. The lowest BCUT2D eigenvalue weighted by atomic mass is 10.0. The molecule has 0 aromatic rings. The SMILES string of the molecule is CCC(CNC(=O)N(C)CCCC(=O)OC)CC(=O)O. The number of hydrogen-bond donors (Lipinski definition) is 2. The van der Waals surface area contributed by atoms with Crippen molar-refractivity contribution in [3.8, 4) is 0 Å². The van der Waals surface area contributed by atoms with Crippen molar-refractivity contribution in [2.45, 2.75) is 32.6 Å². The number of esters is 1. The number of nitrogens with zero attached hydrogens (tertiary/aromatic N) is 1. The van der Waals surface area contributed by atoms with E-state index in [0.717, 1.165) is 0 Å². The molecule has 0 rings (SSSR count). The molecule has 2 amide bonds. The van der Waals surface area contributed by atoms with Gasteiger partial charge in [-0.25, -0.2) is 4.79 Å². The summed E-state index contributed by atoms with van der Waals surface area (Å²) in [6.45, 7) is 2.67. The molecule has 0 spiro atoms. The molecule has 7 heteroatoms. The summed E-state index contributed by atoms with van der Waals surface area (Å²) in [5.41, 5.74) is 0. The topological polar surface area (TPSA) is 95.9 Å². The molecule has 0 aliphatic rings. The lowest BCUT2D eigenvalue weighted by molar-refractivity contribution is -0.141. The fraction of sp³-hybridized carbons (Fsp3) is 0.769. The summed E-state index contributed by atoms with van der Waals surface area (Å²) in [4.78, 5) is 34.8. The standard InChI is InChI=1S/C13H24N2O5/c1-4-10(8-11(16)17)9-14-13(19)15(2)7-5-6-12(18)20-3/h10H,4-9H2,1-3H3,(H,14,19)(H,16,17). The average Bonchev–Trinajstić information content (AvgIpc) is 2.41. The number of aliphatic carboxylic acids is 1. The van der Waals surface area contributed by atoms with Gasteiger partial charge in [0.2, 0.25) is 0 Å². The van der Waals surface area contributed by atoms with Gasteiger partial charge in [-0.15, -0.1) is 0 Å². The van der Waals surface area contributed by atoms with Crippen LogP contribution in [0.5, 0.6) is 0 Å². The van der Waals surface area contributed by atoms with E-state index in [1.807, 2.05) is 6.92 Å². The van der Waals surface area contributed by atoms with Gasteiger partial charge in [-0.05, 0) is 12.3 Å². The van der Waals surface area contributed by atoms with Crippen molar-refractivity contribution in [2.75, 3.05) is 27.2 Å². The van der Waals surface area contributed by atoms with E-state index < -0.39 is 5.97 Å². The molecule has 0 heterocycles. The molecule has 0 aromatic carbocycles. The molecule has 0 aliphatic heterocycles. The Morgan fingerprint density at radius 1 is 1.35 bits per heavy atom. The van der Waals surface area contributed by atoms with Crippen molar-refractivity contribution < 1.29 is 24.2 Å². The molecule has 0 bridgehead atoms. The summed E-state index contributed by atoms with van der Waals surface area (Å²) >= 11 is 0. The number of urea groups is 1. The molecule has 0 aromatic heterocycles. The fourth-order valence-electron chi connectivity index (χ4n) is 1.64. The first-order valence-corrected chi connectivity index (χ1v) is 6.68. The molecule has 0 radical (unpaired) electrons. The van der Waals surface area contributed by atoms with Crippen LogP contribution < -0.4 is 5.32 Å². The average molecular weight is 288 g/mol. The number of rotatable bonds is 9. The summed E-state index contributed by atoms with van der Waals surface area (Å²) < 4.78 is 4.51. The van der Waals surface area contributed by atoms with Gasteiger partial charge in [-0.1, -0.05) is 13.3 Å². The number of amides is 2. The minimum Gasteiger partial charge on any atom is -0.481 e. The van der Waals surface area contributed by atoms with Gasteiger partial charge in [0.1, 0.15) is 0 Å². The van der Waals surface area contributed by atoms with Crippen molar-refractivity contribution in [1.29, 1.82) is 0 Å². The molecule has 0 saturated carbocycles. The first-order chi connectivity index (χ1) is 9.40. The smallest absolute Gasteiger partial charge is 0.317 e. The summed E-state index contributed by atoms with van der Waals surface area (Å²) in [7, 11) is 2.96. The molecule has 20 heavy (non-hydrogen) atoms. The number of carboxylic acid groups (broad SMARTS) is 1. The zero-order valence-electron chi connectivity index (χ0n) is 12.3. The summed E-state index contributed by atoms with van der Waals surface area (Å²) in [6, 6.07) is -0.265. The van der Waals surface area contributed by atoms with E-state index in [-0.39, 0.29) is 30.8 Å². The Morgan fingerprint density at radius 3 is 2.50 bits per heavy atom. The van der Waals surface area contributed by atoms with Gasteiger partial charge >= 0.3 is 18.0 Å². The lowest BCUT2D eigenvalue weighted by Gasteiger charge is -2.20. The van der Waals surface area contributed by atoms with Crippen LogP contribution in [0.15, 0.2) is 0 Å². The molecule has 1 atom stereocenters. The number of carbonyl (C=O) groups is 3. The zero-order valence-corrected chi connectivity index (χ0v) is 12.3. The van der Waals surface area contributed by atoms with Gasteiger partial charge in [-0.3, -0.25) is 9.59 Å². The zero-order chi connectivity index (χ0) is 15.5. The van der Waals surface area contributed by atoms with Crippen LogP contribution in [-0.4, -0.2) is 55.2 Å². The van der Waals surface area contributed by atoms with Crippen molar-refractivity contribution >= 4 is 18.0 Å². The highest BCUT2D eigenvalue weighted by Gasteiger charge is 2.14. The van der Waals surface area contributed by atoms with Crippen molar-refractivity contribution in [1.82, 2.24) is 10.2 Å². The second kappa shape index (κ2) is 10.1. The third kappa shape index (κ3) is 8.34. The van der Waals surface area contributed by atoms with E-state index in [1.165, 1.54) is 12.0 Å². The predicted octanol–water partition coefficient (Wildman–Crippen LogP) is 1.08. The van der Waals surface area contributed by atoms with E-state index in [4.69, 9.17) is 5.11 Å². The number of hydrogen-bond acceptors (Lipinski definition) is 4. The first-order valence-electron chi connectivity index (χ1n) is 6.68. The fourth-order valence-corrected chi connectivity index (χ4v) is 1.64. The third-order valence-electron chi connectivity index (χ3n) is 3.03. The molecule has 7 nitrogen and oxygen atoms in total. The van der Waals surface area contributed by atoms with E-state index in [1.54, 1.807) is 7.05 Å². The third-order valence-corrected chi connectivity index (χ3v) is 3.03. The maximum atomic E-state index is 11.7. The molecule has 2 N–H and O–H groups in total. The van der Waals surface area contributed by atoms with Gasteiger partial charge in [0, 0.05) is 33.0 Å². The highest BCUT2D eigenvalue weighted by Crippen LogP contribution is 2.06. The van der Waals surface area contributed by atoms with Crippen LogP contribution in [0.2, 0.25) is 0 Å². The Hall–Kier alpha value is -1.79. The summed E-state index contributed by atoms with van der Waals surface area (Å²) in [6.07, 6.45) is 1.54. The Balaban J connectivity index is 3.94. The minimum atomic E-state index is -0.863. The van der Waals surface area contributed by atoms with Gasteiger partial charge in [-0.2, -0.15) is 0 Å². The normalized spacial score (nSPS) is 11.6. The van der Waals surface area contributed by atoms with E-state index in [9.17, 15) is 14.4 Å². The number of carbonyl (C=O) groups excluding carboxylic acids is 2. The van der Waals surface area contributed by atoms with Crippen molar-refractivity contribution in [3.63, 3.8) is 0 Å². The number of methoxy groups -OCH3 is 1. The highest BCUT2D eigenvalue weighted by molar-refractivity contribution is 5.74. The van der Waals surface area contributed by atoms with E-state index in [0.29, 0.717) is 25.9 Å². The second-order valence-corrected chi connectivity index (χ2v) is 4.66. The lowest BCUT2D eigenvalue weighted by Crippen LogP contribution is -2.40. The van der Waals surface area contributed by atoms with Gasteiger partial charge in [0.25, 0.3) is 0 Å². The number of ether oxygens (including phenoxy) is 1. The molecule has 0 saturated heterocycles. The van der Waals surface area contributed by atoms with Crippen LogP contribution in [0.1, 0.15) is 32.6 Å². The number of carboxylic acids is 1. The van der Waals surface area contributed by atoms with E-state index in [2.05, 4.69) is 10.1 Å². The minimum absolute atomic E-state index is 0.0445. The van der Waals surface area contributed by atoms with Crippen LogP contribution in [0.25, 0.3) is 0 Å². The van der Waals surface area contributed by atoms with Crippen molar-refractivity contribution in [2.24, 2.45) is 5.92 Å². The molecule has 1 unspecified atom stereocenters. The molecule has 116 valence electrons. The summed E-state index contributed by atoms with van der Waals surface area (Å²) in [5, 5.41) is 11.4. The van der Waals surface area contributed by atoms with Gasteiger partial charge < -0.3 is 20.1 Å². The van der Waals surface area contributed by atoms with Crippen LogP contribution in [-0.2, 0) is 14.3 Å². The number of nitrogens with one attached hydrogen (secondary N) is 1. The maximum Gasteiger partial charge on any atom is 0.317 e. The molecular formula is C13H24N2O5. The second-order valence-electron chi connectivity index (χ2n) is 4.66. The maximum absolute atomic E-state index is 11.7. The van der Waals surface area contributed by atoms with Crippen molar-refractivity contribution in [3.05, 3.63) is 0 Å². The highest BCUT2D eigenvalue weighted by atomic mass is 16.5. The van der Waals surface area contributed by atoms with Crippen LogP contribution in [0, 0.1) is 5.92 Å². The van der Waals surface area contributed by atoms with E-state index >= 15 is 0 Å². The Labute approximate surface area is 119 Å². The Morgan fingerprint density at radius 2 is 2.00 bits per heavy atom. The van der Waals surface area contributed by atoms with Gasteiger partial charge in [0.15, 0.2) is 0 Å².